The first-order chi connectivity index (χ1) is 11.9. The van der Waals surface area contributed by atoms with E-state index in [1.807, 2.05) is 19.1 Å². The zero-order valence-electron chi connectivity index (χ0n) is 14.6. The van der Waals surface area contributed by atoms with Gasteiger partial charge >= 0.3 is 0 Å². The van der Waals surface area contributed by atoms with E-state index in [-0.39, 0.29) is 11.4 Å². The second-order valence-electron chi connectivity index (χ2n) is 6.45. The summed E-state index contributed by atoms with van der Waals surface area (Å²) in [5.74, 6) is 0.903. The van der Waals surface area contributed by atoms with Crippen molar-refractivity contribution in [3.05, 3.63) is 53.7 Å². The number of hydrogen-bond donors (Lipinski definition) is 1. The average Bonchev–Trinajstić information content (AvgIpc) is 2.61. The Hall–Kier alpha value is -1.96. The molecule has 3 rings (SSSR count). The van der Waals surface area contributed by atoms with E-state index in [0.29, 0.717) is 0 Å². The maximum Gasteiger partial charge on any atom is 0.240 e. The highest BCUT2D eigenvalue weighted by Crippen LogP contribution is 2.16. The molecule has 2 heterocycles. The predicted molar refractivity (Wildman–Crippen MR) is 99.2 cm³/mol. The highest BCUT2D eigenvalue weighted by Gasteiger charge is 2.16. The van der Waals surface area contributed by atoms with Crippen LogP contribution in [0.5, 0.6) is 0 Å². The van der Waals surface area contributed by atoms with Gasteiger partial charge < -0.3 is 9.80 Å². The molecule has 0 bridgehead atoms. The minimum Gasteiger partial charge on any atom is -0.354 e. The van der Waals surface area contributed by atoms with Crippen LogP contribution in [-0.2, 0) is 16.6 Å². The lowest BCUT2D eigenvalue weighted by Crippen LogP contribution is -2.44. The molecule has 1 aliphatic rings. The summed E-state index contributed by atoms with van der Waals surface area (Å²) in [6.45, 7) is 6.06. The number of nitrogens with one attached hydrogen (secondary N) is 1. The Labute approximate surface area is 149 Å². The third-order valence-electron chi connectivity index (χ3n) is 4.43. The molecule has 7 heteroatoms. The van der Waals surface area contributed by atoms with Crippen molar-refractivity contribution in [2.45, 2.75) is 18.4 Å². The molecule has 1 aromatic heterocycles. The quantitative estimate of drug-likeness (QED) is 0.878. The summed E-state index contributed by atoms with van der Waals surface area (Å²) in [6.07, 6.45) is 1.74. The van der Waals surface area contributed by atoms with Crippen LogP contribution in [0, 0.1) is 6.92 Å². The van der Waals surface area contributed by atoms with Crippen molar-refractivity contribution in [3.8, 4) is 0 Å². The standard InChI is InChI=1S/C18H24N4O2S/c1-15-3-5-17(6-4-15)25(23,24)20-14-16-7-8-19-18(13-16)22-11-9-21(2)10-12-22/h3-8,13,20H,9-12,14H2,1-2H3. The van der Waals surface area contributed by atoms with Gasteiger partial charge in [-0.25, -0.2) is 18.1 Å². The van der Waals surface area contributed by atoms with Gasteiger partial charge in [0.15, 0.2) is 0 Å². The molecule has 0 aliphatic carbocycles. The smallest absolute Gasteiger partial charge is 0.240 e. The van der Waals surface area contributed by atoms with Gasteiger partial charge in [0.1, 0.15) is 5.82 Å². The summed E-state index contributed by atoms with van der Waals surface area (Å²) in [7, 11) is -1.40. The van der Waals surface area contributed by atoms with Crippen LogP contribution < -0.4 is 9.62 Å². The van der Waals surface area contributed by atoms with Gasteiger partial charge in [-0.3, -0.25) is 0 Å². The van der Waals surface area contributed by atoms with E-state index in [2.05, 4.69) is 26.6 Å². The van der Waals surface area contributed by atoms with Crippen molar-refractivity contribution in [1.82, 2.24) is 14.6 Å². The first kappa shape index (κ1) is 17.8. The fraction of sp³-hybridized carbons (Fsp3) is 0.389. The number of anilines is 1. The molecule has 1 aromatic carbocycles. The van der Waals surface area contributed by atoms with Crippen LogP contribution in [0.4, 0.5) is 5.82 Å². The van der Waals surface area contributed by atoms with E-state index in [0.717, 1.165) is 43.1 Å². The molecule has 2 aromatic rings. The SMILES string of the molecule is Cc1ccc(S(=O)(=O)NCc2ccnc(N3CCN(C)CC3)c2)cc1. The molecule has 0 amide bonds. The number of nitrogens with zero attached hydrogens (tertiary/aromatic N) is 3. The summed E-state index contributed by atoms with van der Waals surface area (Å²) < 4.78 is 27.5. The van der Waals surface area contributed by atoms with E-state index in [1.165, 1.54) is 0 Å². The van der Waals surface area contributed by atoms with Gasteiger partial charge in [0.25, 0.3) is 0 Å². The number of piperazine rings is 1. The van der Waals surface area contributed by atoms with Crippen molar-refractivity contribution < 1.29 is 8.42 Å². The number of hydrogen-bond acceptors (Lipinski definition) is 5. The van der Waals surface area contributed by atoms with Gasteiger partial charge in [-0.15, -0.1) is 0 Å². The first-order valence-corrected chi connectivity index (χ1v) is 9.87. The van der Waals surface area contributed by atoms with Crippen LogP contribution in [0.25, 0.3) is 0 Å². The minimum atomic E-state index is -3.51. The van der Waals surface area contributed by atoms with Gasteiger partial charge in [0, 0.05) is 38.9 Å². The number of likely N-dealkylation sites (N-methyl/N-ethyl adjacent to an activating group) is 1. The van der Waals surface area contributed by atoms with E-state index in [1.54, 1.807) is 30.5 Å². The summed E-state index contributed by atoms with van der Waals surface area (Å²) in [5.41, 5.74) is 1.93. The third-order valence-corrected chi connectivity index (χ3v) is 5.85. The molecule has 0 saturated carbocycles. The van der Waals surface area contributed by atoms with Gasteiger partial charge in [-0.2, -0.15) is 0 Å². The van der Waals surface area contributed by atoms with Crippen molar-refractivity contribution in [1.29, 1.82) is 0 Å². The number of aromatic nitrogens is 1. The number of pyridine rings is 1. The molecule has 1 N–H and O–H groups in total. The maximum absolute atomic E-state index is 12.4. The van der Waals surface area contributed by atoms with E-state index >= 15 is 0 Å². The molecule has 0 unspecified atom stereocenters. The van der Waals surface area contributed by atoms with Crippen LogP contribution in [0.15, 0.2) is 47.5 Å². The lowest BCUT2D eigenvalue weighted by molar-refractivity contribution is 0.312. The topological polar surface area (TPSA) is 65.5 Å². The average molecular weight is 360 g/mol. The zero-order chi connectivity index (χ0) is 17.9. The Morgan fingerprint density at radius 1 is 1.08 bits per heavy atom. The molecule has 1 aliphatic heterocycles. The molecule has 0 atom stereocenters. The Bertz CT molecular complexity index is 813. The lowest BCUT2D eigenvalue weighted by atomic mass is 10.2. The molecular formula is C18H24N4O2S. The summed E-state index contributed by atoms with van der Waals surface area (Å²) in [4.78, 5) is 9.24. The fourth-order valence-corrected chi connectivity index (χ4v) is 3.78. The Morgan fingerprint density at radius 3 is 2.44 bits per heavy atom. The molecule has 1 fully saturated rings. The van der Waals surface area contributed by atoms with Crippen LogP contribution in [0.3, 0.4) is 0 Å². The summed E-state index contributed by atoms with van der Waals surface area (Å²) in [6, 6.07) is 10.7. The van der Waals surface area contributed by atoms with Crippen molar-refractivity contribution in [2.24, 2.45) is 0 Å². The largest absolute Gasteiger partial charge is 0.354 e. The number of benzene rings is 1. The van der Waals surface area contributed by atoms with Crippen LogP contribution >= 0.6 is 0 Å². The highest BCUT2D eigenvalue weighted by atomic mass is 32.2. The van der Waals surface area contributed by atoms with E-state index in [9.17, 15) is 8.42 Å². The lowest BCUT2D eigenvalue weighted by Gasteiger charge is -2.33. The monoisotopic (exact) mass is 360 g/mol. The first-order valence-electron chi connectivity index (χ1n) is 8.39. The Morgan fingerprint density at radius 2 is 1.76 bits per heavy atom. The van der Waals surface area contributed by atoms with Crippen molar-refractivity contribution in [3.63, 3.8) is 0 Å². The second-order valence-corrected chi connectivity index (χ2v) is 8.22. The zero-order valence-corrected chi connectivity index (χ0v) is 15.5. The number of rotatable bonds is 5. The maximum atomic E-state index is 12.4. The molecule has 134 valence electrons. The third kappa shape index (κ3) is 4.56. The highest BCUT2D eigenvalue weighted by molar-refractivity contribution is 7.89. The van der Waals surface area contributed by atoms with Crippen LogP contribution in [-0.4, -0.2) is 51.5 Å². The van der Waals surface area contributed by atoms with Crippen molar-refractivity contribution in [2.75, 3.05) is 38.1 Å². The fourth-order valence-electron chi connectivity index (χ4n) is 2.76. The number of sulfonamides is 1. The Balaban J connectivity index is 1.67. The summed E-state index contributed by atoms with van der Waals surface area (Å²) >= 11 is 0. The van der Waals surface area contributed by atoms with Crippen LogP contribution in [0.2, 0.25) is 0 Å². The molecule has 1 saturated heterocycles. The normalized spacial score (nSPS) is 16.2. The molecule has 6 nitrogen and oxygen atoms in total. The van der Waals surface area contributed by atoms with Crippen molar-refractivity contribution >= 4 is 15.8 Å². The van der Waals surface area contributed by atoms with E-state index in [4.69, 9.17) is 0 Å². The molecule has 25 heavy (non-hydrogen) atoms. The number of aryl methyl sites for hydroxylation is 1. The molecule has 0 spiro atoms. The molecular weight excluding hydrogens is 336 g/mol. The van der Waals surface area contributed by atoms with E-state index < -0.39 is 10.0 Å². The van der Waals surface area contributed by atoms with Crippen LogP contribution in [0.1, 0.15) is 11.1 Å². The predicted octanol–water partition coefficient (Wildman–Crippen LogP) is 1.62. The van der Waals surface area contributed by atoms with Gasteiger partial charge in [0.05, 0.1) is 4.90 Å². The Kier molecular flexibility index (Phi) is 5.36. The summed E-state index contributed by atoms with van der Waals surface area (Å²) in [5, 5.41) is 0. The minimum absolute atomic E-state index is 0.249. The second kappa shape index (κ2) is 7.51. The van der Waals surface area contributed by atoms with Gasteiger partial charge in [0.2, 0.25) is 10.0 Å². The van der Waals surface area contributed by atoms with Gasteiger partial charge in [-0.05, 0) is 43.8 Å². The molecule has 0 radical (unpaired) electrons. The van der Waals surface area contributed by atoms with Gasteiger partial charge in [-0.1, -0.05) is 17.7 Å².